The van der Waals surface area contributed by atoms with E-state index >= 15 is 0 Å². The van der Waals surface area contributed by atoms with E-state index in [0.29, 0.717) is 5.39 Å². The lowest BCUT2D eigenvalue weighted by Crippen LogP contribution is -2.53. The number of rotatable bonds is 5. The number of amides is 1. The van der Waals surface area contributed by atoms with Gasteiger partial charge in [0, 0.05) is 37.6 Å². The van der Waals surface area contributed by atoms with Crippen molar-refractivity contribution in [2.24, 2.45) is 0 Å². The Bertz CT molecular complexity index is 928. The first-order chi connectivity index (χ1) is 14.4. The summed E-state index contributed by atoms with van der Waals surface area (Å²) < 4.78 is 78.5. The van der Waals surface area contributed by atoms with Gasteiger partial charge < -0.3 is 15.0 Å². The van der Waals surface area contributed by atoms with Crippen molar-refractivity contribution in [2.75, 3.05) is 38.0 Å². The molecule has 1 N–H and O–H groups in total. The van der Waals surface area contributed by atoms with E-state index in [1.165, 1.54) is 15.9 Å². The molecule has 0 spiro atoms. The van der Waals surface area contributed by atoms with E-state index in [-0.39, 0.29) is 43.4 Å². The summed E-state index contributed by atoms with van der Waals surface area (Å²) in [5.41, 5.74) is 0.180. The van der Waals surface area contributed by atoms with Gasteiger partial charge in [-0.25, -0.2) is 9.97 Å². The van der Waals surface area contributed by atoms with Crippen LogP contribution in [0.5, 0.6) is 5.75 Å². The lowest BCUT2D eigenvalue weighted by Gasteiger charge is -2.36. The van der Waals surface area contributed by atoms with Gasteiger partial charge in [-0.15, -0.1) is 13.2 Å². The molecule has 170 valence electrons. The molecule has 1 aliphatic rings. The van der Waals surface area contributed by atoms with Gasteiger partial charge in [0.25, 0.3) is 0 Å². The maximum Gasteiger partial charge on any atom is 0.573 e. The number of halogens is 6. The third kappa shape index (κ3) is 6.32. The van der Waals surface area contributed by atoms with Gasteiger partial charge in [-0.05, 0) is 19.1 Å². The Morgan fingerprint density at radius 2 is 1.81 bits per heavy atom. The number of hydrogen-bond acceptors (Lipinski definition) is 6. The van der Waals surface area contributed by atoms with E-state index in [1.807, 2.05) is 0 Å². The van der Waals surface area contributed by atoms with Crippen molar-refractivity contribution in [2.45, 2.75) is 25.5 Å². The molecule has 2 aromatic rings. The predicted molar refractivity (Wildman–Crippen MR) is 98.4 cm³/mol. The number of nitrogens with one attached hydrogen (secondary N) is 1. The number of nitrogens with zero attached hydrogens (tertiary/aromatic N) is 4. The molecule has 13 heteroatoms. The molecule has 1 atom stereocenters. The van der Waals surface area contributed by atoms with Crippen molar-refractivity contribution in [1.29, 1.82) is 0 Å². The van der Waals surface area contributed by atoms with E-state index in [1.54, 1.807) is 6.92 Å². The number of piperazine rings is 1. The van der Waals surface area contributed by atoms with Gasteiger partial charge in [0.15, 0.2) is 0 Å². The maximum absolute atomic E-state index is 12.7. The molecule has 1 aromatic heterocycles. The summed E-state index contributed by atoms with van der Waals surface area (Å²) in [7, 11) is 0. The highest BCUT2D eigenvalue weighted by atomic mass is 19.4. The molecule has 1 amide bonds. The van der Waals surface area contributed by atoms with Crippen LogP contribution in [0.15, 0.2) is 24.5 Å². The second kappa shape index (κ2) is 8.73. The second-order valence-corrected chi connectivity index (χ2v) is 7.03. The van der Waals surface area contributed by atoms with E-state index in [0.717, 1.165) is 18.5 Å². The number of alkyl halides is 6. The SMILES string of the molecule is C[C@@H](Nc1ncnc2cc(OC(F)(F)F)ccc12)C(=O)N1CCN(CC(F)(F)F)CC1. The number of fused-ring (bicyclic) bond motifs is 1. The molecular formula is C18H19F6N5O2. The van der Waals surface area contributed by atoms with Crippen LogP contribution in [-0.4, -0.2) is 77.0 Å². The summed E-state index contributed by atoms with van der Waals surface area (Å²) in [5.74, 6) is -0.527. The predicted octanol–water partition coefficient (Wildman–Crippen LogP) is 3.04. The number of anilines is 1. The van der Waals surface area contributed by atoms with Crippen molar-refractivity contribution in [1.82, 2.24) is 19.8 Å². The Balaban J connectivity index is 1.65. The van der Waals surface area contributed by atoms with Crippen LogP contribution >= 0.6 is 0 Å². The minimum absolute atomic E-state index is 0.108. The third-order valence-electron chi connectivity index (χ3n) is 4.65. The largest absolute Gasteiger partial charge is 0.573 e. The van der Waals surface area contributed by atoms with Crippen LogP contribution in [0.4, 0.5) is 32.2 Å². The fourth-order valence-corrected chi connectivity index (χ4v) is 3.27. The smallest absolute Gasteiger partial charge is 0.406 e. The molecule has 0 saturated carbocycles. The van der Waals surface area contributed by atoms with Crippen molar-refractivity contribution in [3.05, 3.63) is 24.5 Å². The second-order valence-electron chi connectivity index (χ2n) is 7.03. The zero-order valence-corrected chi connectivity index (χ0v) is 16.3. The first-order valence-corrected chi connectivity index (χ1v) is 9.26. The van der Waals surface area contributed by atoms with Gasteiger partial charge in [-0.3, -0.25) is 9.69 Å². The van der Waals surface area contributed by atoms with Crippen LogP contribution in [0.25, 0.3) is 10.9 Å². The van der Waals surface area contributed by atoms with E-state index < -0.39 is 30.9 Å². The van der Waals surface area contributed by atoms with Crippen LogP contribution in [-0.2, 0) is 4.79 Å². The number of ether oxygens (including phenoxy) is 1. The van der Waals surface area contributed by atoms with Crippen molar-refractivity contribution in [3.63, 3.8) is 0 Å². The first-order valence-electron chi connectivity index (χ1n) is 9.26. The molecule has 0 unspecified atom stereocenters. The molecule has 1 fully saturated rings. The monoisotopic (exact) mass is 451 g/mol. The lowest BCUT2D eigenvalue weighted by atomic mass is 10.2. The van der Waals surface area contributed by atoms with Crippen LogP contribution in [0.3, 0.4) is 0 Å². The Labute approximate surface area is 173 Å². The fourth-order valence-electron chi connectivity index (χ4n) is 3.27. The molecule has 2 heterocycles. The summed E-state index contributed by atoms with van der Waals surface area (Å²) in [6, 6.07) is 2.78. The molecule has 1 saturated heterocycles. The molecule has 1 aliphatic heterocycles. The molecule has 0 aliphatic carbocycles. The van der Waals surface area contributed by atoms with E-state index in [2.05, 4.69) is 20.0 Å². The maximum atomic E-state index is 12.7. The number of hydrogen-bond donors (Lipinski definition) is 1. The molecular weight excluding hydrogens is 432 g/mol. The number of carbonyl (C=O) groups is 1. The van der Waals surface area contributed by atoms with Crippen molar-refractivity contribution >= 4 is 22.6 Å². The topological polar surface area (TPSA) is 70.6 Å². The van der Waals surface area contributed by atoms with Gasteiger partial charge in [0.05, 0.1) is 12.1 Å². The highest BCUT2D eigenvalue weighted by Crippen LogP contribution is 2.28. The zero-order valence-electron chi connectivity index (χ0n) is 16.3. The highest BCUT2D eigenvalue weighted by molar-refractivity contribution is 5.92. The van der Waals surface area contributed by atoms with Gasteiger partial charge in [0.2, 0.25) is 5.91 Å². The van der Waals surface area contributed by atoms with Crippen LogP contribution in [0.1, 0.15) is 6.92 Å². The first kappa shape index (κ1) is 22.8. The molecule has 3 rings (SSSR count). The average Bonchev–Trinajstić information content (AvgIpc) is 2.65. The lowest BCUT2D eigenvalue weighted by molar-refractivity contribution is -0.274. The summed E-state index contributed by atoms with van der Waals surface area (Å²) in [6.45, 7) is 1.08. The summed E-state index contributed by atoms with van der Waals surface area (Å²) in [4.78, 5) is 23.3. The molecule has 1 aromatic carbocycles. The Hall–Kier alpha value is -2.83. The molecule has 31 heavy (non-hydrogen) atoms. The Morgan fingerprint density at radius 1 is 1.13 bits per heavy atom. The van der Waals surface area contributed by atoms with Gasteiger partial charge in [-0.1, -0.05) is 0 Å². The summed E-state index contributed by atoms with van der Waals surface area (Å²) >= 11 is 0. The minimum Gasteiger partial charge on any atom is -0.406 e. The normalized spacial score (nSPS) is 16.9. The molecule has 7 nitrogen and oxygen atoms in total. The number of carbonyl (C=O) groups excluding carboxylic acids is 1. The minimum atomic E-state index is -4.84. The standard InChI is InChI=1S/C18H19F6N5O2/c1-11(16(30)29-6-4-28(5-7-29)9-17(19,20)21)27-15-13-3-2-12(31-18(22,23)24)8-14(13)25-10-26-15/h2-3,8,10-11H,4-7,9H2,1H3,(H,25,26,27)/t11-/m1/s1. The molecule has 0 radical (unpaired) electrons. The van der Waals surface area contributed by atoms with Crippen LogP contribution < -0.4 is 10.1 Å². The highest BCUT2D eigenvalue weighted by Gasteiger charge is 2.34. The van der Waals surface area contributed by atoms with E-state index in [4.69, 9.17) is 0 Å². The van der Waals surface area contributed by atoms with Gasteiger partial charge >= 0.3 is 12.5 Å². The average molecular weight is 451 g/mol. The van der Waals surface area contributed by atoms with Crippen molar-refractivity contribution in [3.8, 4) is 5.75 Å². The number of benzene rings is 1. The van der Waals surface area contributed by atoms with Gasteiger partial charge in [0.1, 0.15) is 23.9 Å². The molecule has 0 bridgehead atoms. The zero-order chi connectivity index (χ0) is 22.8. The van der Waals surface area contributed by atoms with Gasteiger partial charge in [-0.2, -0.15) is 13.2 Å². The number of aromatic nitrogens is 2. The Kier molecular flexibility index (Phi) is 6.43. The van der Waals surface area contributed by atoms with E-state index in [9.17, 15) is 31.1 Å². The van der Waals surface area contributed by atoms with Crippen LogP contribution in [0.2, 0.25) is 0 Å². The fraction of sp³-hybridized carbons (Fsp3) is 0.500. The van der Waals surface area contributed by atoms with Crippen LogP contribution in [0, 0.1) is 0 Å². The Morgan fingerprint density at radius 3 is 2.42 bits per heavy atom. The summed E-state index contributed by atoms with van der Waals surface area (Å²) in [5, 5.41) is 3.28. The van der Waals surface area contributed by atoms with Crippen molar-refractivity contribution < 1.29 is 35.9 Å². The quantitative estimate of drug-likeness (QED) is 0.705. The third-order valence-corrected chi connectivity index (χ3v) is 4.65. The summed E-state index contributed by atoms with van der Waals surface area (Å²) in [6.07, 6.45) is -8.00.